The summed E-state index contributed by atoms with van der Waals surface area (Å²) in [6, 6.07) is 0.199. The van der Waals surface area contributed by atoms with Gasteiger partial charge in [-0.25, -0.2) is 4.98 Å². The number of likely N-dealkylation sites (tertiary alicyclic amines) is 1. The lowest BCUT2D eigenvalue weighted by Gasteiger charge is -2.42. The molecule has 6 heteroatoms. The number of rotatable bonds is 2. The zero-order chi connectivity index (χ0) is 13.7. The first-order valence-electron chi connectivity index (χ1n) is 7.34. The maximum Gasteiger partial charge on any atom is 0.226 e. The third-order valence-corrected chi connectivity index (χ3v) is 5.00. The van der Waals surface area contributed by atoms with E-state index < -0.39 is 0 Å². The third-order valence-electron chi connectivity index (χ3n) is 5.00. The van der Waals surface area contributed by atoms with Crippen LogP contribution in [0.4, 0.5) is 0 Å². The van der Waals surface area contributed by atoms with Crippen LogP contribution in [0.1, 0.15) is 25.0 Å². The molecule has 20 heavy (non-hydrogen) atoms. The molecule has 0 radical (unpaired) electrons. The van der Waals surface area contributed by atoms with Crippen molar-refractivity contribution >= 4 is 5.91 Å². The van der Waals surface area contributed by atoms with E-state index in [0.717, 1.165) is 39.1 Å². The first-order valence-corrected chi connectivity index (χ1v) is 7.34. The molecule has 3 saturated heterocycles. The molecule has 1 amide bonds. The van der Waals surface area contributed by atoms with Gasteiger partial charge in [-0.15, -0.1) is 0 Å². The summed E-state index contributed by atoms with van der Waals surface area (Å²) < 4.78 is 8.15. The second-order valence-electron chi connectivity index (χ2n) is 6.03. The highest BCUT2D eigenvalue weighted by Crippen LogP contribution is 2.45. The van der Waals surface area contributed by atoms with Crippen molar-refractivity contribution in [2.75, 3.05) is 19.7 Å². The van der Waals surface area contributed by atoms with Crippen molar-refractivity contribution in [1.29, 1.82) is 0 Å². The lowest BCUT2D eigenvalue weighted by atomic mass is 10.0. The Morgan fingerprint density at radius 2 is 2.40 bits per heavy atom. The molecule has 1 spiro atoms. The van der Waals surface area contributed by atoms with E-state index >= 15 is 0 Å². The maximum absolute atomic E-state index is 12.2. The van der Waals surface area contributed by atoms with Gasteiger partial charge in [-0.1, -0.05) is 0 Å². The van der Waals surface area contributed by atoms with E-state index in [1.807, 2.05) is 29.0 Å². The molecule has 3 aliphatic rings. The summed E-state index contributed by atoms with van der Waals surface area (Å²) in [6.45, 7) is 3.46. The van der Waals surface area contributed by atoms with Crippen molar-refractivity contribution < 1.29 is 9.53 Å². The summed E-state index contributed by atoms with van der Waals surface area (Å²) in [7, 11) is 2.01. The fourth-order valence-corrected chi connectivity index (χ4v) is 3.97. The van der Waals surface area contributed by atoms with Gasteiger partial charge in [0.15, 0.2) is 5.72 Å². The lowest BCUT2D eigenvalue weighted by Crippen LogP contribution is -2.56. The van der Waals surface area contributed by atoms with Crippen molar-refractivity contribution in [3.8, 4) is 0 Å². The minimum Gasteiger partial charge on any atom is -0.354 e. The Kier molecular flexibility index (Phi) is 2.65. The molecule has 4 heterocycles. The molecule has 0 N–H and O–H groups in total. The van der Waals surface area contributed by atoms with Gasteiger partial charge in [0.1, 0.15) is 0 Å². The Labute approximate surface area is 118 Å². The van der Waals surface area contributed by atoms with Gasteiger partial charge in [-0.05, 0) is 6.42 Å². The van der Waals surface area contributed by atoms with Gasteiger partial charge < -0.3 is 14.2 Å². The molecule has 3 fully saturated rings. The second-order valence-corrected chi connectivity index (χ2v) is 6.03. The van der Waals surface area contributed by atoms with Crippen molar-refractivity contribution in [3.63, 3.8) is 0 Å². The number of carbonyl (C=O) groups excluding carboxylic acids is 1. The largest absolute Gasteiger partial charge is 0.354 e. The lowest BCUT2D eigenvalue weighted by molar-refractivity contribution is -0.180. The molecule has 3 aliphatic heterocycles. The Balaban J connectivity index is 1.60. The van der Waals surface area contributed by atoms with Crippen LogP contribution in [0.3, 0.4) is 0 Å². The molecule has 6 nitrogen and oxygen atoms in total. The minimum atomic E-state index is -0.339. The van der Waals surface area contributed by atoms with Crippen molar-refractivity contribution in [3.05, 3.63) is 18.2 Å². The van der Waals surface area contributed by atoms with Crippen LogP contribution in [0.5, 0.6) is 0 Å². The average Bonchev–Trinajstić information content (AvgIpc) is 3.07. The predicted octanol–water partition coefficient (Wildman–Crippen LogP) is 0.343. The van der Waals surface area contributed by atoms with Crippen LogP contribution in [0.2, 0.25) is 0 Å². The van der Waals surface area contributed by atoms with Crippen LogP contribution in [-0.2, 0) is 23.1 Å². The van der Waals surface area contributed by atoms with Crippen LogP contribution in [-0.4, -0.2) is 56.7 Å². The van der Waals surface area contributed by atoms with E-state index in [1.54, 1.807) is 0 Å². The van der Waals surface area contributed by atoms with Gasteiger partial charge in [-0.3, -0.25) is 9.69 Å². The molecule has 4 rings (SSSR count). The number of hydrogen-bond donors (Lipinski definition) is 0. The monoisotopic (exact) mass is 276 g/mol. The molecular formula is C14H20N4O2. The van der Waals surface area contributed by atoms with E-state index in [4.69, 9.17) is 4.74 Å². The summed E-state index contributed by atoms with van der Waals surface area (Å²) in [5.74, 6) is 0.254. The molecule has 0 saturated carbocycles. The summed E-state index contributed by atoms with van der Waals surface area (Å²) in [5.41, 5.74) is 0.845. The van der Waals surface area contributed by atoms with Gasteiger partial charge in [0.25, 0.3) is 0 Å². The van der Waals surface area contributed by atoms with E-state index in [9.17, 15) is 4.79 Å². The fraction of sp³-hybridized carbons (Fsp3) is 0.714. The Hall–Kier alpha value is -1.40. The normalized spacial score (nSPS) is 33.5. The number of aromatic nitrogens is 2. The van der Waals surface area contributed by atoms with Gasteiger partial charge >= 0.3 is 0 Å². The number of imidazole rings is 1. The summed E-state index contributed by atoms with van der Waals surface area (Å²) in [5, 5.41) is 0. The zero-order valence-electron chi connectivity index (χ0n) is 11.8. The number of hydrogen-bond acceptors (Lipinski definition) is 4. The van der Waals surface area contributed by atoms with E-state index in [1.165, 1.54) is 5.69 Å². The molecule has 108 valence electrons. The standard InChI is InChI=1S/C14H20N4O2/c1-16-10-15-8-11(16)9-17-5-3-14-12(17)7-13(19)18(14)4-2-6-20-14/h8,10,12H,2-7,9H2,1H3/t12-,14+/m1/s1. The first-order chi connectivity index (χ1) is 9.71. The Morgan fingerprint density at radius 3 is 3.20 bits per heavy atom. The molecule has 2 atom stereocenters. The Bertz CT molecular complexity index is 543. The third kappa shape index (κ3) is 1.58. The number of nitrogens with zero attached hydrogens (tertiary/aromatic N) is 4. The summed E-state index contributed by atoms with van der Waals surface area (Å²) in [4.78, 5) is 20.8. The molecule has 0 bridgehead atoms. The zero-order valence-corrected chi connectivity index (χ0v) is 11.8. The second kappa shape index (κ2) is 4.30. The van der Waals surface area contributed by atoms with Crippen molar-refractivity contribution in [2.45, 2.75) is 37.6 Å². The van der Waals surface area contributed by atoms with E-state index in [-0.39, 0.29) is 17.7 Å². The van der Waals surface area contributed by atoms with Crippen molar-refractivity contribution in [2.24, 2.45) is 7.05 Å². The highest BCUT2D eigenvalue weighted by molar-refractivity contribution is 5.81. The summed E-state index contributed by atoms with van der Waals surface area (Å²) >= 11 is 0. The smallest absolute Gasteiger partial charge is 0.226 e. The fourth-order valence-electron chi connectivity index (χ4n) is 3.97. The Morgan fingerprint density at radius 1 is 1.50 bits per heavy atom. The molecule has 1 aromatic rings. The van der Waals surface area contributed by atoms with Gasteiger partial charge in [0, 0.05) is 45.7 Å². The van der Waals surface area contributed by atoms with Crippen LogP contribution < -0.4 is 0 Å². The molecule has 1 aromatic heterocycles. The first kappa shape index (κ1) is 12.3. The highest BCUT2D eigenvalue weighted by atomic mass is 16.5. The molecular weight excluding hydrogens is 256 g/mol. The molecule has 0 aromatic carbocycles. The number of amides is 1. The van der Waals surface area contributed by atoms with Gasteiger partial charge in [0.2, 0.25) is 5.91 Å². The average molecular weight is 276 g/mol. The predicted molar refractivity (Wildman–Crippen MR) is 71.7 cm³/mol. The minimum absolute atomic E-state index is 0.199. The quantitative estimate of drug-likeness (QED) is 0.782. The van der Waals surface area contributed by atoms with Gasteiger partial charge in [-0.2, -0.15) is 0 Å². The maximum atomic E-state index is 12.2. The van der Waals surface area contributed by atoms with Crippen molar-refractivity contribution in [1.82, 2.24) is 19.4 Å². The number of carbonyl (C=O) groups is 1. The topological polar surface area (TPSA) is 50.6 Å². The van der Waals surface area contributed by atoms with E-state index in [2.05, 4.69) is 9.88 Å². The SMILES string of the molecule is Cn1cncc1CN1CC[C@@]23OCCCN2C(=O)C[C@@H]13. The summed E-state index contributed by atoms with van der Waals surface area (Å²) in [6.07, 6.45) is 6.21. The van der Waals surface area contributed by atoms with Gasteiger partial charge in [0.05, 0.1) is 24.7 Å². The highest BCUT2D eigenvalue weighted by Gasteiger charge is 2.60. The molecule has 0 unspecified atom stereocenters. The van der Waals surface area contributed by atoms with Crippen LogP contribution in [0, 0.1) is 0 Å². The number of ether oxygens (including phenoxy) is 1. The van der Waals surface area contributed by atoms with Crippen LogP contribution in [0.15, 0.2) is 12.5 Å². The van der Waals surface area contributed by atoms with E-state index in [0.29, 0.717) is 6.42 Å². The van der Waals surface area contributed by atoms with Crippen LogP contribution >= 0.6 is 0 Å². The molecule has 0 aliphatic carbocycles. The van der Waals surface area contributed by atoms with Crippen LogP contribution in [0.25, 0.3) is 0 Å². The number of aryl methyl sites for hydroxylation is 1.